The first-order valence-electron chi connectivity index (χ1n) is 10.1. The molecule has 0 radical (unpaired) electrons. The van der Waals surface area contributed by atoms with Crippen molar-refractivity contribution in [2.24, 2.45) is 0 Å². The van der Waals surface area contributed by atoms with Crippen LogP contribution in [0, 0.1) is 6.92 Å². The molecular weight excluding hydrogens is 418 g/mol. The van der Waals surface area contributed by atoms with Crippen molar-refractivity contribution >= 4 is 46.5 Å². The number of hydrogen-bond donors (Lipinski definition) is 2. The Morgan fingerprint density at radius 1 is 1.03 bits per heavy atom. The highest BCUT2D eigenvalue weighted by Gasteiger charge is 2.26. The zero-order chi connectivity index (χ0) is 22.1. The van der Waals surface area contributed by atoms with E-state index in [1.165, 1.54) is 0 Å². The molecule has 2 heterocycles. The van der Waals surface area contributed by atoms with Gasteiger partial charge in [0.1, 0.15) is 0 Å². The molecule has 2 aliphatic rings. The van der Waals surface area contributed by atoms with Crippen LogP contribution in [0.15, 0.2) is 36.4 Å². The average Bonchev–Trinajstić information content (AvgIpc) is 2.75. The summed E-state index contributed by atoms with van der Waals surface area (Å²) in [4.78, 5) is 42.5. The molecule has 9 heteroatoms. The fraction of sp³-hybridized carbons (Fsp3) is 0.318. The Morgan fingerprint density at radius 3 is 2.45 bits per heavy atom. The number of fused-ring (bicyclic) bond motifs is 1. The second-order valence-electron chi connectivity index (χ2n) is 7.81. The number of aryl methyl sites for hydroxylation is 1. The molecule has 0 atom stereocenters. The van der Waals surface area contributed by atoms with Gasteiger partial charge in [-0.05, 0) is 42.8 Å². The zero-order valence-electron chi connectivity index (χ0n) is 17.4. The van der Waals surface area contributed by atoms with Gasteiger partial charge in [0.2, 0.25) is 5.91 Å². The molecule has 0 saturated carbocycles. The smallest absolute Gasteiger partial charge is 0.321 e. The number of anilines is 3. The molecular formula is C22H24ClN5O3. The number of amides is 4. The molecule has 0 spiro atoms. The van der Waals surface area contributed by atoms with Crippen molar-refractivity contribution < 1.29 is 14.4 Å². The molecule has 2 aliphatic heterocycles. The first-order valence-corrected chi connectivity index (χ1v) is 10.5. The quantitative estimate of drug-likeness (QED) is 0.750. The molecule has 162 valence electrons. The minimum Gasteiger partial charge on any atom is -0.364 e. The number of hydrogen-bond acceptors (Lipinski definition) is 4. The first-order chi connectivity index (χ1) is 14.8. The fourth-order valence-corrected chi connectivity index (χ4v) is 3.94. The number of benzene rings is 2. The fourth-order valence-electron chi connectivity index (χ4n) is 3.76. The SMILES string of the molecule is Cc1ccc(NC(=O)N2CCN(C(=O)c3ccc4c(c3)NC(=O)CN4C)CC2)cc1Cl. The monoisotopic (exact) mass is 441 g/mol. The number of carbonyl (C=O) groups excluding carboxylic acids is 3. The highest BCUT2D eigenvalue weighted by Crippen LogP contribution is 2.30. The lowest BCUT2D eigenvalue weighted by molar-refractivity contribution is -0.115. The van der Waals surface area contributed by atoms with Crippen LogP contribution in [0.25, 0.3) is 0 Å². The van der Waals surface area contributed by atoms with E-state index in [2.05, 4.69) is 10.6 Å². The van der Waals surface area contributed by atoms with E-state index in [0.717, 1.165) is 11.3 Å². The van der Waals surface area contributed by atoms with Crippen LogP contribution in [0.4, 0.5) is 21.9 Å². The van der Waals surface area contributed by atoms with Gasteiger partial charge in [0.05, 0.1) is 17.9 Å². The van der Waals surface area contributed by atoms with E-state index < -0.39 is 0 Å². The number of likely N-dealkylation sites (N-methyl/N-ethyl adjacent to an activating group) is 1. The van der Waals surface area contributed by atoms with Gasteiger partial charge in [0.15, 0.2) is 0 Å². The third-order valence-corrected chi connectivity index (χ3v) is 5.99. The minimum atomic E-state index is -0.216. The van der Waals surface area contributed by atoms with Crippen molar-refractivity contribution in [1.82, 2.24) is 9.80 Å². The van der Waals surface area contributed by atoms with Crippen LogP contribution in [0.3, 0.4) is 0 Å². The van der Waals surface area contributed by atoms with Gasteiger partial charge in [-0.1, -0.05) is 17.7 Å². The van der Waals surface area contributed by atoms with Crippen LogP contribution in [0.2, 0.25) is 5.02 Å². The largest absolute Gasteiger partial charge is 0.364 e. The van der Waals surface area contributed by atoms with Gasteiger partial charge < -0.3 is 25.3 Å². The van der Waals surface area contributed by atoms with Gasteiger partial charge >= 0.3 is 6.03 Å². The number of halogens is 1. The van der Waals surface area contributed by atoms with Gasteiger partial charge in [-0.3, -0.25) is 9.59 Å². The standard InChI is InChI=1S/C22H24ClN5O3/c1-14-3-5-16(12-17(14)23)24-22(31)28-9-7-27(8-10-28)21(30)15-4-6-19-18(11-15)25-20(29)13-26(19)2/h3-6,11-12H,7-10,13H2,1-2H3,(H,24,31)(H,25,29). The number of nitrogens with one attached hydrogen (secondary N) is 2. The highest BCUT2D eigenvalue weighted by molar-refractivity contribution is 6.31. The van der Waals surface area contributed by atoms with Crippen molar-refractivity contribution in [1.29, 1.82) is 0 Å². The molecule has 0 bridgehead atoms. The summed E-state index contributed by atoms with van der Waals surface area (Å²) in [5.74, 6) is -0.218. The van der Waals surface area contributed by atoms with Gasteiger partial charge in [-0.2, -0.15) is 0 Å². The van der Waals surface area contributed by atoms with Crippen molar-refractivity contribution in [2.45, 2.75) is 6.92 Å². The third kappa shape index (κ3) is 4.44. The lowest BCUT2D eigenvalue weighted by Gasteiger charge is -2.35. The molecule has 4 rings (SSSR count). The van der Waals surface area contributed by atoms with Crippen molar-refractivity contribution in [3.8, 4) is 0 Å². The summed E-state index contributed by atoms with van der Waals surface area (Å²) in [5.41, 5.74) is 3.62. The molecule has 2 aromatic carbocycles. The Balaban J connectivity index is 1.36. The molecule has 31 heavy (non-hydrogen) atoms. The van der Waals surface area contributed by atoms with Crippen molar-refractivity contribution in [3.63, 3.8) is 0 Å². The van der Waals surface area contributed by atoms with Crippen LogP contribution in [0.5, 0.6) is 0 Å². The summed E-state index contributed by atoms with van der Waals surface area (Å²) in [5, 5.41) is 6.27. The van der Waals surface area contributed by atoms with Crippen LogP contribution in [-0.4, -0.2) is 67.4 Å². The number of urea groups is 1. The maximum Gasteiger partial charge on any atom is 0.321 e. The van der Waals surface area contributed by atoms with Crippen molar-refractivity contribution in [2.75, 3.05) is 55.3 Å². The normalized spacial score (nSPS) is 16.0. The average molecular weight is 442 g/mol. The van der Waals surface area contributed by atoms with Crippen LogP contribution in [0.1, 0.15) is 15.9 Å². The molecule has 2 N–H and O–H groups in total. The molecule has 0 aliphatic carbocycles. The summed E-state index contributed by atoms with van der Waals surface area (Å²) in [7, 11) is 1.84. The Kier molecular flexibility index (Phi) is 5.73. The van der Waals surface area contributed by atoms with E-state index in [-0.39, 0.29) is 17.8 Å². The molecule has 0 unspecified atom stereocenters. The maximum absolute atomic E-state index is 13.0. The van der Waals surface area contributed by atoms with Crippen LogP contribution in [-0.2, 0) is 4.79 Å². The van der Waals surface area contributed by atoms with E-state index in [0.29, 0.717) is 54.7 Å². The summed E-state index contributed by atoms with van der Waals surface area (Å²) in [6, 6.07) is 10.5. The van der Waals surface area contributed by atoms with Gasteiger partial charge in [0.25, 0.3) is 5.91 Å². The molecule has 8 nitrogen and oxygen atoms in total. The van der Waals surface area contributed by atoms with Gasteiger partial charge in [-0.15, -0.1) is 0 Å². The lowest BCUT2D eigenvalue weighted by atomic mass is 10.1. The van der Waals surface area contributed by atoms with E-state index in [4.69, 9.17) is 11.6 Å². The Labute approximate surface area is 185 Å². The first kappa shape index (κ1) is 21.0. The molecule has 1 saturated heterocycles. The Morgan fingerprint density at radius 2 is 1.74 bits per heavy atom. The summed E-state index contributed by atoms with van der Waals surface area (Å²) >= 11 is 6.12. The third-order valence-electron chi connectivity index (χ3n) is 5.59. The summed E-state index contributed by atoms with van der Waals surface area (Å²) in [6.45, 7) is 3.93. The van der Waals surface area contributed by atoms with E-state index in [9.17, 15) is 14.4 Å². The van der Waals surface area contributed by atoms with Crippen LogP contribution < -0.4 is 15.5 Å². The number of rotatable bonds is 2. The predicted octanol–water partition coefficient (Wildman–Crippen LogP) is 3.03. The van der Waals surface area contributed by atoms with E-state index >= 15 is 0 Å². The van der Waals surface area contributed by atoms with E-state index in [1.54, 1.807) is 28.0 Å². The summed E-state index contributed by atoms with van der Waals surface area (Å²) < 4.78 is 0. The second-order valence-corrected chi connectivity index (χ2v) is 8.22. The van der Waals surface area contributed by atoms with E-state index in [1.807, 2.05) is 37.1 Å². The summed E-state index contributed by atoms with van der Waals surface area (Å²) in [6.07, 6.45) is 0. The second kappa shape index (κ2) is 8.47. The molecule has 2 aromatic rings. The van der Waals surface area contributed by atoms with Crippen molar-refractivity contribution in [3.05, 3.63) is 52.5 Å². The predicted molar refractivity (Wildman–Crippen MR) is 121 cm³/mol. The Hall–Kier alpha value is -3.26. The number of piperazine rings is 1. The number of nitrogens with zero attached hydrogens (tertiary/aromatic N) is 3. The van der Waals surface area contributed by atoms with Gasteiger partial charge in [0, 0.05) is 49.5 Å². The topological polar surface area (TPSA) is 85.0 Å². The number of carbonyl (C=O) groups is 3. The lowest BCUT2D eigenvalue weighted by Crippen LogP contribution is -2.51. The minimum absolute atomic E-state index is 0.103. The maximum atomic E-state index is 13.0. The van der Waals surface area contributed by atoms with Crippen LogP contribution >= 0.6 is 11.6 Å². The Bertz CT molecular complexity index is 1050. The zero-order valence-corrected chi connectivity index (χ0v) is 18.2. The molecule has 1 fully saturated rings. The highest BCUT2D eigenvalue weighted by atomic mass is 35.5. The molecule has 4 amide bonds. The van der Waals surface area contributed by atoms with Gasteiger partial charge in [-0.25, -0.2) is 4.79 Å². The molecule has 0 aromatic heterocycles.